The number of fused-ring (bicyclic) bond motifs is 1. The number of imidazole rings is 1. The second-order valence-electron chi connectivity index (χ2n) is 6.23. The van der Waals surface area contributed by atoms with Gasteiger partial charge < -0.3 is 9.88 Å². The first-order chi connectivity index (χ1) is 12.8. The summed E-state index contributed by atoms with van der Waals surface area (Å²) in [5.74, 6) is 0.0146. The third-order valence-electron chi connectivity index (χ3n) is 4.43. The van der Waals surface area contributed by atoms with Crippen LogP contribution in [0.4, 0.5) is 0 Å². The summed E-state index contributed by atoms with van der Waals surface area (Å²) in [6.45, 7) is 0.487. The van der Waals surface area contributed by atoms with Gasteiger partial charge in [0, 0.05) is 18.9 Å². The van der Waals surface area contributed by atoms with Crippen LogP contribution in [0.2, 0.25) is 0 Å². The number of nitrogens with zero attached hydrogens (tertiary/aromatic N) is 2. The average molecular weight is 341 g/mol. The minimum Gasteiger partial charge on any atom is -0.352 e. The summed E-state index contributed by atoms with van der Waals surface area (Å²) < 4.78 is 1.95. The lowest BCUT2D eigenvalue weighted by Gasteiger charge is -2.11. The smallest absolute Gasteiger partial charge is 0.224 e. The number of amides is 1. The number of nitrogens with one attached hydrogen (secondary N) is 1. The van der Waals surface area contributed by atoms with Gasteiger partial charge in [-0.3, -0.25) is 4.79 Å². The molecule has 4 rings (SSSR count). The van der Waals surface area contributed by atoms with Crippen LogP contribution >= 0.6 is 0 Å². The first-order valence-corrected chi connectivity index (χ1v) is 8.60. The molecule has 0 radical (unpaired) electrons. The van der Waals surface area contributed by atoms with Gasteiger partial charge in [0.2, 0.25) is 5.91 Å². The van der Waals surface area contributed by atoms with E-state index >= 15 is 0 Å². The molecule has 0 fully saturated rings. The predicted molar refractivity (Wildman–Crippen MR) is 103 cm³/mol. The highest BCUT2D eigenvalue weighted by Gasteiger charge is 2.07. The van der Waals surface area contributed by atoms with E-state index in [1.807, 2.05) is 53.2 Å². The topological polar surface area (TPSA) is 46.9 Å². The normalized spacial score (nSPS) is 10.8. The molecule has 4 aromatic rings. The van der Waals surface area contributed by atoms with Crippen molar-refractivity contribution in [3.8, 4) is 5.69 Å². The molecule has 4 heteroatoms. The Hall–Kier alpha value is -3.40. The molecule has 0 spiro atoms. The van der Waals surface area contributed by atoms with Crippen LogP contribution in [-0.2, 0) is 17.8 Å². The molecule has 26 heavy (non-hydrogen) atoms. The third kappa shape index (κ3) is 3.49. The van der Waals surface area contributed by atoms with Crippen LogP contribution in [-0.4, -0.2) is 15.5 Å². The zero-order chi connectivity index (χ0) is 17.8. The van der Waals surface area contributed by atoms with Gasteiger partial charge in [-0.1, -0.05) is 60.7 Å². The summed E-state index contributed by atoms with van der Waals surface area (Å²) >= 11 is 0. The molecular formula is C22H19N3O. The van der Waals surface area contributed by atoms with Crippen LogP contribution in [0.25, 0.3) is 16.5 Å². The van der Waals surface area contributed by atoms with E-state index in [-0.39, 0.29) is 5.91 Å². The molecule has 128 valence electrons. The fraction of sp³-hybridized carbons (Fsp3) is 0.0909. The molecule has 0 aliphatic carbocycles. The number of carbonyl (C=O) groups excluding carboxylic acids is 1. The maximum Gasteiger partial charge on any atom is 0.224 e. The molecule has 0 aliphatic rings. The van der Waals surface area contributed by atoms with Gasteiger partial charge >= 0.3 is 0 Å². The predicted octanol–water partition coefficient (Wildman–Crippen LogP) is 3.88. The molecule has 0 saturated carbocycles. The molecule has 0 atom stereocenters. The number of hydrogen-bond donors (Lipinski definition) is 1. The first-order valence-electron chi connectivity index (χ1n) is 8.60. The van der Waals surface area contributed by atoms with Crippen molar-refractivity contribution in [3.63, 3.8) is 0 Å². The van der Waals surface area contributed by atoms with Crippen molar-refractivity contribution < 1.29 is 4.79 Å². The fourth-order valence-electron chi connectivity index (χ4n) is 3.10. The van der Waals surface area contributed by atoms with E-state index in [0.717, 1.165) is 22.2 Å². The summed E-state index contributed by atoms with van der Waals surface area (Å²) in [7, 11) is 0. The second kappa shape index (κ2) is 7.23. The molecule has 1 aromatic heterocycles. The van der Waals surface area contributed by atoms with Crippen LogP contribution in [0.15, 0.2) is 85.5 Å². The average Bonchev–Trinajstić information content (AvgIpc) is 3.21. The van der Waals surface area contributed by atoms with E-state index < -0.39 is 0 Å². The largest absolute Gasteiger partial charge is 0.352 e. The Labute approximate surface area is 152 Å². The fourth-order valence-corrected chi connectivity index (χ4v) is 3.10. The highest BCUT2D eigenvalue weighted by molar-refractivity contribution is 5.85. The van der Waals surface area contributed by atoms with Gasteiger partial charge in [0.15, 0.2) is 0 Å². The number of para-hydroxylation sites is 1. The van der Waals surface area contributed by atoms with Gasteiger partial charge in [0.25, 0.3) is 0 Å². The van der Waals surface area contributed by atoms with Gasteiger partial charge in [-0.05, 0) is 28.0 Å². The van der Waals surface area contributed by atoms with Gasteiger partial charge in [-0.25, -0.2) is 4.98 Å². The molecule has 1 N–H and O–H groups in total. The molecular weight excluding hydrogens is 322 g/mol. The van der Waals surface area contributed by atoms with Crippen LogP contribution in [0.3, 0.4) is 0 Å². The van der Waals surface area contributed by atoms with E-state index in [2.05, 4.69) is 34.6 Å². The Morgan fingerprint density at radius 1 is 0.962 bits per heavy atom. The highest BCUT2D eigenvalue weighted by atomic mass is 16.1. The van der Waals surface area contributed by atoms with Gasteiger partial charge in [0.05, 0.1) is 18.4 Å². The third-order valence-corrected chi connectivity index (χ3v) is 4.43. The SMILES string of the molecule is O=C(Cc1ccc2ccccc2c1)NCc1ccccc1-n1ccnc1. The van der Waals surface area contributed by atoms with E-state index in [4.69, 9.17) is 0 Å². The Bertz CT molecular complexity index is 1040. The lowest BCUT2D eigenvalue weighted by molar-refractivity contribution is -0.120. The number of carbonyl (C=O) groups is 1. The van der Waals surface area contributed by atoms with Gasteiger partial charge in [-0.15, -0.1) is 0 Å². The van der Waals surface area contributed by atoms with Crippen molar-refractivity contribution in [2.45, 2.75) is 13.0 Å². The zero-order valence-electron chi connectivity index (χ0n) is 14.3. The molecule has 0 bridgehead atoms. The maximum absolute atomic E-state index is 12.4. The lowest BCUT2D eigenvalue weighted by Crippen LogP contribution is -2.25. The lowest BCUT2D eigenvalue weighted by atomic mass is 10.0. The Morgan fingerprint density at radius 2 is 1.77 bits per heavy atom. The molecule has 3 aromatic carbocycles. The van der Waals surface area contributed by atoms with Crippen LogP contribution in [0.1, 0.15) is 11.1 Å². The summed E-state index contributed by atoms with van der Waals surface area (Å²) in [5.41, 5.74) is 3.09. The summed E-state index contributed by atoms with van der Waals surface area (Å²) in [6, 6.07) is 22.3. The molecule has 0 unspecified atom stereocenters. The molecule has 1 amide bonds. The quantitative estimate of drug-likeness (QED) is 0.599. The molecule has 0 aliphatic heterocycles. The molecule has 0 saturated heterocycles. The summed E-state index contributed by atoms with van der Waals surface area (Å²) in [5, 5.41) is 5.37. The number of aromatic nitrogens is 2. The van der Waals surface area contributed by atoms with E-state index in [1.165, 1.54) is 5.39 Å². The van der Waals surface area contributed by atoms with E-state index in [9.17, 15) is 4.79 Å². The van der Waals surface area contributed by atoms with Gasteiger partial charge in [-0.2, -0.15) is 0 Å². The van der Waals surface area contributed by atoms with Crippen molar-refractivity contribution in [1.29, 1.82) is 0 Å². The van der Waals surface area contributed by atoms with E-state index in [1.54, 1.807) is 12.5 Å². The summed E-state index contributed by atoms with van der Waals surface area (Å²) in [6.07, 6.45) is 5.78. The van der Waals surface area contributed by atoms with Crippen LogP contribution in [0.5, 0.6) is 0 Å². The number of rotatable bonds is 5. The Kier molecular flexibility index (Phi) is 4.48. The Balaban J connectivity index is 1.44. The van der Waals surface area contributed by atoms with Crippen molar-refractivity contribution >= 4 is 16.7 Å². The zero-order valence-corrected chi connectivity index (χ0v) is 14.3. The van der Waals surface area contributed by atoms with Crippen molar-refractivity contribution in [2.24, 2.45) is 0 Å². The Morgan fingerprint density at radius 3 is 2.62 bits per heavy atom. The van der Waals surface area contributed by atoms with E-state index in [0.29, 0.717) is 13.0 Å². The number of hydrogen-bond acceptors (Lipinski definition) is 2. The number of benzene rings is 3. The second-order valence-corrected chi connectivity index (χ2v) is 6.23. The maximum atomic E-state index is 12.4. The highest BCUT2D eigenvalue weighted by Crippen LogP contribution is 2.16. The molecule has 1 heterocycles. The van der Waals surface area contributed by atoms with Crippen LogP contribution in [0, 0.1) is 0 Å². The monoisotopic (exact) mass is 341 g/mol. The van der Waals surface area contributed by atoms with Crippen LogP contribution < -0.4 is 5.32 Å². The standard InChI is InChI=1S/C22H19N3O/c26-22(14-17-9-10-18-5-1-2-6-19(18)13-17)24-15-20-7-3-4-8-21(20)25-12-11-23-16-25/h1-13,16H,14-15H2,(H,24,26). The minimum absolute atomic E-state index is 0.0146. The van der Waals surface area contributed by atoms with Crippen molar-refractivity contribution in [1.82, 2.24) is 14.9 Å². The minimum atomic E-state index is 0.0146. The summed E-state index contributed by atoms with van der Waals surface area (Å²) in [4.78, 5) is 16.5. The van der Waals surface area contributed by atoms with Gasteiger partial charge in [0.1, 0.15) is 0 Å². The molecule has 4 nitrogen and oxygen atoms in total. The first kappa shape index (κ1) is 16.1. The van der Waals surface area contributed by atoms with Crippen molar-refractivity contribution in [3.05, 3.63) is 96.6 Å². The van der Waals surface area contributed by atoms with Crippen molar-refractivity contribution in [2.75, 3.05) is 0 Å².